The van der Waals surface area contributed by atoms with Crippen molar-refractivity contribution in [2.45, 2.75) is 76.9 Å². The number of anilines is 1. The first-order valence-electron chi connectivity index (χ1n) is 13.5. The van der Waals surface area contributed by atoms with Crippen LogP contribution in [0.2, 0.25) is 0 Å². The number of para-hydroxylation sites is 1. The maximum Gasteiger partial charge on any atom is 0.0940 e. The molecule has 2 heterocycles. The zero-order valence-electron chi connectivity index (χ0n) is 22.2. The van der Waals surface area contributed by atoms with E-state index < -0.39 is 0 Å². The van der Waals surface area contributed by atoms with Gasteiger partial charge in [0.15, 0.2) is 0 Å². The number of fused-ring (bicyclic) bond motifs is 1. The first-order chi connectivity index (χ1) is 17.4. The molecule has 5 rings (SSSR count). The van der Waals surface area contributed by atoms with Gasteiger partial charge in [-0.25, -0.2) is 0 Å². The van der Waals surface area contributed by atoms with E-state index in [9.17, 15) is 0 Å². The molecule has 0 radical (unpaired) electrons. The SMILES string of the molecule is CC1CC2=CC=CC(c3cccc(C(Nc4c(C(C)C)cccc4C(C)C)c4ccccc4)n3)[C@@H]2N1. The molecule has 3 nitrogen and oxygen atoms in total. The first-order valence-corrected chi connectivity index (χ1v) is 13.5. The van der Waals surface area contributed by atoms with Crippen molar-refractivity contribution in [3.8, 4) is 0 Å². The number of nitrogens with one attached hydrogen (secondary N) is 2. The summed E-state index contributed by atoms with van der Waals surface area (Å²) in [7, 11) is 0. The largest absolute Gasteiger partial charge is 0.372 e. The van der Waals surface area contributed by atoms with Gasteiger partial charge in [-0.1, -0.05) is 106 Å². The van der Waals surface area contributed by atoms with Crippen molar-refractivity contribution in [1.82, 2.24) is 10.3 Å². The van der Waals surface area contributed by atoms with E-state index in [4.69, 9.17) is 4.98 Å². The van der Waals surface area contributed by atoms with Crippen LogP contribution in [0.25, 0.3) is 0 Å². The first kappa shape index (κ1) is 24.5. The number of allylic oxidation sites excluding steroid dienone is 2. The Kier molecular flexibility index (Phi) is 7.11. The quantitative estimate of drug-likeness (QED) is 0.364. The molecule has 1 saturated heterocycles. The Morgan fingerprint density at radius 2 is 1.56 bits per heavy atom. The van der Waals surface area contributed by atoms with E-state index in [-0.39, 0.29) is 12.0 Å². The molecule has 1 aromatic heterocycles. The van der Waals surface area contributed by atoms with E-state index in [0.29, 0.717) is 23.9 Å². The predicted molar refractivity (Wildman–Crippen MR) is 152 cm³/mol. The average Bonchev–Trinajstić information content (AvgIpc) is 3.27. The summed E-state index contributed by atoms with van der Waals surface area (Å²) in [5.41, 5.74) is 8.86. The van der Waals surface area contributed by atoms with Crippen LogP contribution in [-0.4, -0.2) is 17.1 Å². The third-order valence-electron chi connectivity index (χ3n) is 7.62. The minimum atomic E-state index is -0.0402. The number of pyridine rings is 1. The second-order valence-electron chi connectivity index (χ2n) is 11.0. The molecule has 0 saturated carbocycles. The summed E-state index contributed by atoms with van der Waals surface area (Å²) in [5.74, 6) is 1.10. The molecule has 2 N–H and O–H groups in total. The van der Waals surface area contributed by atoms with Gasteiger partial charge in [0, 0.05) is 29.4 Å². The highest BCUT2D eigenvalue weighted by Crippen LogP contribution is 2.38. The van der Waals surface area contributed by atoms with E-state index >= 15 is 0 Å². The van der Waals surface area contributed by atoms with Crippen LogP contribution in [0.4, 0.5) is 5.69 Å². The third kappa shape index (κ3) is 4.90. The lowest BCUT2D eigenvalue weighted by Gasteiger charge is -2.28. The van der Waals surface area contributed by atoms with E-state index in [1.807, 2.05) is 0 Å². The zero-order valence-corrected chi connectivity index (χ0v) is 22.2. The molecule has 0 amide bonds. The Morgan fingerprint density at radius 3 is 2.25 bits per heavy atom. The molecule has 36 heavy (non-hydrogen) atoms. The lowest BCUT2D eigenvalue weighted by Crippen LogP contribution is -2.34. The molecule has 1 aliphatic carbocycles. The number of hydrogen-bond acceptors (Lipinski definition) is 3. The maximum atomic E-state index is 5.32. The fraction of sp³-hybridized carbons (Fsp3) is 0.364. The van der Waals surface area contributed by atoms with E-state index in [1.54, 1.807) is 0 Å². The fourth-order valence-electron chi connectivity index (χ4n) is 5.79. The Labute approximate surface area is 216 Å². The molecule has 2 aliphatic rings. The van der Waals surface area contributed by atoms with Gasteiger partial charge in [-0.3, -0.25) is 4.98 Å². The Bertz CT molecular complexity index is 1230. The molecule has 3 unspecified atom stereocenters. The summed E-state index contributed by atoms with van der Waals surface area (Å²) in [5, 5.41) is 7.78. The van der Waals surface area contributed by atoms with Gasteiger partial charge in [0.1, 0.15) is 0 Å². The molecular weight excluding hydrogens is 438 g/mol. The van der Waals surface area contributed by atoms with Gasteiger partial charge < -0.3 is 10.6 Å². The van der Waals surface area contributed by atoms with Crippen LogP contribution in [-0.2, 0) is 0 Å². The molecule has 2 aromatic carbocycles. The second kappa shape index (κ2) is 10.4. The van der Waals surface area contributed by atoms with Crippen molar-refractivity contribution in [1.29, 1.82) is 0 Å². The molecule has 3 heteroatoms. The van der Waals surface area contributed by atoms with Crippen molar-refractivity contribution in [2.24, 2.45) is 0 Å². The van der Waals surface area contributed by atoms with Crippen molar-refractivity contribution in [3.63, 3.8) is 0 Å². The van der Waals surface area contributed by atoms with Gasteiger partial charge >= 0.3 is 0 Å². The van der Waals surface area contributed by atoms with Crippen LogP contribution in [0, 0.1) is 0 Å². The number of benzene rings is 2. The normalized spacial score (nSPS) is 22.0. The number of rotatable bonds is 7. The van der Waals surface area contributed by atoms with Gasteiger partial charge in [0.2, 0.25) is 0 Å². The molecule has 0 spiro atoms. The summed E-state index contributed by atoms with van der Waals surface area (Å²) in [6.45, 7) is 11.4. The van der Waals surface area contributed by atoms with Crippen LogP contribution >= 0.6 is 0 Å². The molecule has 3 aromatic rings. The standard InChI is InChI=1S/C33H39N3/c1-21(2)26-15-10-16-27(22(3)4)33(26)36-32(24-12-7-6-8-13-24)30-19-11-18-29(35-30)28-17-9-14-25-20-23(5)34-31(25)28/h6-19,21-23,28,31-32,34,36H,20H2,1-5H3/t23?,28?,31-,32?/m1/s1. The van der Waals surface area contributed by atoms with Crippen molar-refractivity contribution in [2.75, 3.05) is 5.32 Å². The highest BCUT2D eigenvalue weighted by Gasteiger charge is 2.34. The summed E-state index contributed by atoms with van der Waals surface area (Å²) in [6.07, 6.45) is 7.92. The van der Waals surface area contributed by atoms with Crippen molar-refractivity contribution in [3.05, 3.63) is 119 Å². The van der Waals surface area contributed by atoms with Crippen LogP contribution in [0.15, 0.2) is 90.5 Å². The van der Waals surface area contributed by atoms with E-state index in [2.05, 4.69) is 130 Å². The number of nitrogens with zero attached hydrogens (tertiary/aromatic N) is 1. The monoisotopic (exact) mass is 477 g/mol. The smallest absolute Gasteiger partial charge is 0.0940 e. The average molecular weight is 478 g/mol. The molecular formula is C33H39N3. The molecule has 1 aliphatic heterocycles. The van der Waals surface area contributed by atoms with E-state index in [0.717, 1.165) is 17.8 Å². The van der Waals surface area contributed by atoms with Crippen LogP contribution in [0.5, 0.6) is 0 Å². The minimum absolute atomic E-state index is 0.0402. The summed E-state index contributed by atoms with van der Waals surface area (Å²) < 4.78 is 0. The highest BCUT2D eigenvalue weighted by molar-refractivity contribution is 5.62. The zero-order chi connectivity index (χ0) is 25.2. The minimum Gasteiger partial charge on any atom is -0.372 e. The van der Waals surface area contributed by atoms with Crippen molar-refractivity contribution < 1.29 is 0 Å². The van der Waals surface area contributed by atoms with E-state index in [1.165, 1.54) is 28.0 Å². The lowest BCUT2D eigenvalue weighted by atomic mass is 9.86. The van der Waals surface area contributed by atoms with Gasteiger partial charge in [-0.05, 0) is 54.0 Å². The maximum absolute atomic E-state index is 5.32. The number of aromatic nitrogens is 1. The van der Waals surface area contributed by atoms with Gasteiger partial charge in [0.05, 0.1) is 11.7 Å². The molecule has 4 atom stereocenters. The Morgan fingerprint density at radius 1 is 0.861 bits per heavy atom. The second-order valence-corrected chi connectivity index (χ2v) is 11.0. The molecule has 0 bridgehead atoms. The van der Waals surface area contributed by atoms with Crippen molar-refractivity contribution >= 4 is 5.69 Å². The third-order valence-corrected chi connectivity index (χ3v) is 7.62. The van der Waals surface area contributed by atoms with Gasteiger partial charge in [-0.15, -0.1) is 0 Å². The van der Waals surface area contributed by atoms with Crippen LogP contribution < -0.4 is 10.6 Å². The number of hydrogen-bond donors (Lipinski definition) is 2. The highest BCUT2D eigenvalue weighted by atomic mass is 15.0. The van der Waals surface area contributed by atoms with Crippen LogP contribution in [0.3, 0.4) is 0 Å². The summed E-state index contributed by atoms with van der Waals surface area (Å²) in [6, 6.07) is 24.8. The summed E-state index contributed by atoms with van der Waals surface area (Å²) in [4.78, 5) is 5.32. The lowest BCUT2D eigenvalue weighted by molar-refractivity contribution is 0.535. The Hall–Kier alpha value is -3.17. The fourth-order valence-corrected chi connectivity index (χ4v) is 5.79. The van der Waals surface area contributed by atoms with Gasteiger partial charge in [-0.2, -0.15) is 0 Å². The molecule has 1 fully saturated rings. The van der Waals surface area contributed by atoms with Gasteiger partial charge in [0.25, 0.3) is 0 Å². The summed E-state index contributed by atoms with van der Waals surface area (Å²) >= 11 is 0. The Balaban J connectivity index is 1.57. The predicted octanol–water partition coefficient (Wildman–Crippen LogP) is 7.86. The van der Waals surface area contributed by atoms with Crippen LogP contribution in [0.1, 0.15) is 92.9 Å². The molecule has 186 valence electrons. The topological polar surface area (TPSA) is 37.0 Å².